The van der Waals surface area contributed by atoms with Crippen LogP contribution >= 0.6 is 11.8 Å². The largest absolute Gasteiger partial charge is 1.00 e. The first-order chi connectivity index (χ1) is 12.0. The van der Waals surface area contributed by atoms with E-state index in [1.54, 1.807) is 0 Å². The monoisotopic (exact) mass is 475 g/mol. The predicted molar refractivity (Wildman–Crippen MR) is 92.4 cm³/mol. The Kier molecular flexibility index (Phi) is 14.2. The Labute approximate surface area is 206 Å². The van der Waals surface area contributed by atoms with Gasteiger partial charge in [0.15, 0.2) is 0 Å². The number of nitrogens with zero attached hydrogens (tertiary/aromatic N) is 1. The molecule has 154 valence electrons. The van der Waals surface area contributed by atoms with Crippen molar-refractivity contribution in [1.29, 1.82) is 0 Å². The van der Waals surface area contributed by atoms with Crippen molar-refractivity contribution in [2.75, 3.05) is 18.6 Å². The maximum atomic E-state index is 11.0. The summed E-state index contributed by atoms with van der Waals surface area (Å²) in [5.74, 6) is 0.415. The Morgan fingerprint density at radius 2 is 1.89 bits per heavy atom. The van der Waals surface area contributed by atoms with Crippen molar-refractivity contribution in [2.24, 2.45) is 5.16 Å². The second-order valence-electron chi connectivity index (χ2n) is 5.52. The van der Waals surface area contributed by atoms with Crippen molar-refractivity contribution >= 4 is 38.0 Å². The average molecular weight is 476 g/mol. The Morgan fingerprint density at radius 3 is 2.41 bits per heavy atom. The molecule has 4 N–H and O–H groups in total. The van der Waals surface area contributed by atoms with Gasteiger partial charge in [0.1, 0.15) is 34.9 Å². The van der Waals surface area contributed by atoms with Crippen molar-refractivity contribution < 1.29 is 98.0 Å². The number of hydrogen-bond donors (Lipinski definition) is 4. The van der Waals surface area contributed by atoms with E-state index in [0.717, 1.165) is 0 Å². The molecule has 6 atom stereocenters. The number of thioether (sulfide) groups is 1. The van der Waals surface area contributed by atoms with Gasteiger partial charge in [-0.25, -0.2) is 0 Å². The van der Waals surface area contributed by atoms with Gasteiger partial charge in [-0.2, -0.15) is 8.42 Å². The van der Waals surface area contributed by atoms with Crippen molar-refractivity contribution in [3.05, 3.63) is 0 Å². The van der Waals surface area contributed by atoms with Crippen LogP contribution in [0.25, 0.3) is 0 Å². The van der Waals surface area contributed by atoms with E-state index < -0.39 is 57.7 Å². The van der Waals surface area contributed by atoms with Gasteiger partial charge >= 0.3 is 51.4 Å². The normalized spacial score (nSPS) is 30.4. The maximum absolute atomic E-state index is 11.0. The van der Waals surface area contributed by atoms with Crippen molar-refractivity contribution in [3.63, 3.8) is 0 Å². The minimum absolute atomic E-state index is 0. The zero-order chi connectivity index (χ0) is 19.9. The number of rotatable bonds is 9. The molecule has 1 aliphatic rings. The molecular formula is C12H22KNO10S3. The van der Waals surface area contributed by atoms with Crippen LogP contribution in [0.2, 0.25) is 0 Å². The average Bonchev–Trinajstić information content (AvgIpc) is 2.55. The van der Waals surface area contributed by atoms with Crippen LogP contribution in [0.3, 0.4) is 0 Å². The number of hydrogen-bond acceptors (Lipinski definition) is 12. The minimum Gasteiger partial charge on any atom is -0.714 e. The van der Waals surface area contributed by atoms with Crippen molar-refractivity contribution in [1.82, 2.24) is 0 Å². The molecule has 0 spiro atoms. The van der Waals surface area contributed by atoms with Gasteiger partial charge in [0.05, 0.1) is 6.61 Å². The first-order valence-corrected chi connectivity index (χ1v) is 11.5. The first kappa shape index (κ1) is 28.3. The number of oxime groups is 1. The number of aliphatic hydroxyl groups excluding tert-OH is 4. The van der Waals surface area contributed by atoms with E-state index >= 15 is 0 Å². The molecule has 0 aromatic carbocycles. The fourth-order valence-corrected chi connectivity index (χ4v) is 4.04. The summed E-state index contributed by atoms with van der Waals surface area (Å²) in [7, 11) is -6.09. The molecular weight excluding hydrogens is 453 g/mol. The van der Waals surface area contributed by atoms with Crippen molar-refractivity contribution in [3.8, 4) is 0 Å². The molecule has 27 heavy (non-hydrogen) atoms. The summed E-state index contributed by atoms with van der Waals surface area (Å²) in [6.07, 6.45) is -3.21. The summed E-state index contributed by atoms with van der Waals surface area (Å²) in [6.45, 7) is -0.623. The van der Waals surface area contributed by atoms with E-state index in [2.05, 4.69) is 9.44 Å². The second-order valence-corrected chi connectivity index (χ2v) is 9.21. The van der Waals surface area contributed by atoms with E-state index in [1.165, 1.54) is 6.26 Å². The van der Waals surface area contributed by atoms with Gasteiger partial charge in [0, 0.05) is 22.8 Å². The molecule has 0 saturated carbocycles. The van der Waals surface area contributed by atoms with E-state index in [4.69, 9.17) is 9.84 Å². The molecule has 0 amide bonds. The molecule has 0 aliphatic carbocycles. The van der Waals surface area contributed by atoms with E-state index in [1.807, 2.05) is 0 Å². The molecule has 2 unspecified atom stereocenters. The Hall–Kier alpha value is 1.32. The standard InChI is InChI=1S/C12H23NO10S3.K/c1-25(18)5-3-2-4-8(13-23-26(19,20)21)24-12-11(17)10(16)9(15)7(6-14)22-12;/h7,9-12,14-17H,2-6H2,1H3,(H,19,20,21);/q;+1/p-1/b13-8-;/t7?,9-,10+,11?,12+,25-;/m1./s1. The maximum Gasteiger partial charge on any atom is 1.00 e. The van der Waals surface area contributed by atoms with Crippen LogP contribution in [0, 0.1) is 0 Å². The van der Waals surface area contributed by atoms with Crippen LogP contribution in [0.15, 0.2) is 5.16 Å². The van der Waals surface area contributed by atoms with Crippen LogP contribution in [0.4, 0.5) is 0 Å². The van der Waals surface area contributed by atoms with Gasteiger partial charge in [-0.1, -0.05) is 16.9 Å². The Balaban J connectivity index is 0.00000676. The number of ether oxygens (including phenoxy) is 1. The van der Waals surface area contributed by atoms with E-state index in [9.17, 15) is 32.5 Å². The van der Waals surface area contributed by atoms with E-state index in [-0.39, 0.29) is 62.8 Å². The van der Waals surface area contributed by atoms with Gasteiger partial charge in [-0.3, -0.25) is 8.49 Å². The molecule has 1 heterocycles. The van der Waals surface area contributed by atoms with Crippen LogP contribution in [0.1, 0.15) is 19.3 Å². The summed E-state index contributed by atoms with van der Waals surface area (Å²) in [6, 6.07) is 0. The van der Waals surface area contributed by atoms with Crippen LogP contribution in [-0.4, -0.2) is 91.1 Å². The topological polar surface area (TPSA) is 186 Å². The zero-order valence-electron chi connectivity index (χ0n) is 14.8. The molecule has 1 saturated heterocycles. The third-order valence-electron chi connectivity index (χ3n) is 3.40. The smallest absolute Gasteiger partial charge is 0.714 e. The molecule has 0 bridgehead atoms. The predicted octanol–water partition coefficient (Wildman–Crippen LogP) is -5.14. The quantitative estimate of drug-likeness (QED) is 0.0475. The molecule has 0 aromatic rings. The SMILES string of the molecule is C[S@@](=O)CCCC/C(=N/OS(=O)(=O)[O-])S[C@@H]1OC(CO)[C@@H](O)[C@H](O)C1O.[K+]. The minimum atomic E-state index is -5.08. The van der Waals surface area contributed by atoms with Crippen LogP contribution < -0.4 is 51.4 Å². The Bertz CT molecular complexity index is 602. The molecule has 1 aliphatic heterocycles. The van der Waals surface area contributed by atoms with Crippen molar-refractivity contribution in [2.45, 2.75) is 49.1 Å². The summed E-state index contributed by atoms with van der Waals surface area (Å²) in [5.41, 5.74) is -1.19. The molecule has 0 aromatic heterocycles. The summed E-state index contributed by atoms with van der Waals surface area (Å²) in [4.78, 5) is 0. The van der Waals surface area contributed by atoms with Gasteiger partial charge < -0.3 is 29.7 Å². The van der Waals surface area contributed by atoms with Crippen LogP contribution in [-0.2, 0) is 30.2 Å². The van der Waals surface area contributed by atoms with Gasteiger partial charge in [0.25, 0.3) is 10.4 Å². The third-order valence-corrected chi connectivity index (χ3v) is 5.70. The molecule has 15 heteroatoms. The van der Waals surface area contributed by atoms with Gasteiger partial charge in [0.2, 0.25) is 0 Å². The summed E-state index contributed by atoms with van der Waals surface area (Å²) < 4.78 is 51.9. The molecule has 1 rings (SSSR count). The zero-order valence-corrected chi connectivity index (χ0v) is 20.4. The van der Waals surface area contributed by atoms with Gasteiger partial charge in [-0.05, 0) is 19.3 Å². The van der Waals surface area contributed by atoms with Crippen LogP contribution in [0.5, 0.6) is 0 Å². The first-order valence-electron chi connectivity index (χ1n) is 7.53. The summed E-state index contributed by atoms with van der Waals surface area (Å²) >= 11 is 0.690. The van der Waals surface area contributed by atoms with Gasteiger partial charge in [-0.15, -0.1) is 0 Å². The fraction of sp³-hybridized carbons (Fsp3) is 0.917. The molecule has 11 nitrogen and oxygen atoms in total. The van der Waals surface area contributed by atoms with E-state index in [0.29, 0.717) is 30.4 Å². The third kappa shape index (κ3) is 10.8. The Morgan fingerprint density at radius 1 is 1.26 bits per heavy atom. The second kappa shape index (κ2) is 13.6. The number of unbranched alkanes of at least 4 members (excludes halogenated alkanes) is 1. The summed E-state index contributed by atoms with van der Waals surface area (Å²) in [5, 5.41) is 41.9. The number of aliphatic hydroxyl groups is 4. The molecule has 0 radical (unpaired) electrons. The fourth-order valence-electron chi connectivity index (χ4n) is 2.09. The molecule has 1 fully saturated rings.